The van der Waals surface area contributed by atoms with Crippen molar-refractivity contribution in [3.8, 4) is 11.1 Å². The lowest BCUT2D eigenvalue weighted by atomic mass is 9.79. The van der Waals surface area contributed by atoms with Crippen LogP contribution in [0.5, 0.6) is 0 Å². The van der Waals surface area contributed by atoms with E-state index in [1.54, 1.807) is 25.3 Å². The highest BCUT2D eigenvalue weighted by Crippen LogP contribution is 2.35. The predicted octanol–water partition coefficient (Wildman–Crippen LogP) is 9.69. The highest BCUT2D eigenvalue weighted by Gasteiger charge is 2.28. The minimum atomic E-state index is -4.18. The van der Waals surface area contributed by atoms with Gasteiger partial charge in [0.2, 0.25) is 0 Å². The average molecular weight is 568 g/mol. The van der Waals surface area contributed by atoms with Crippen LogP contribution >= 0.6 is 11.6 Å². The van der Waals surface area contributed by atoms with Crippen molar-refractivity contribution in [2.24, 2.45) is 5.92 Å². The molecule has 2 aliphatic rings. The fourth-order valence-corrected chi connectivity index (χ4v) is 5.90. The van der Waals surface area contributed by atoms with Crippen LogP contribution in [-0.4, -0.2) is 30.3 Å². The Balaban J connectivity index is 1.44. The molecule has 4 rings (SSSR count). The Kier molecular flexibility index (Phi) is 9.72. The highest BCUT2D eigenvalue weighted by molar-refractivity contribution is 6.31. The van der Waals surface area contributed by atoms with E-state index in [-0.39, 0.29) is 5.84 Å². The number of nitrogens with one attached hydrogen (secondary N) is 2. The maximum Gasteiger partial charge on any atom is 0.393 e. The van der Waals surface area contributed by atoms with Crippen LogP contribution in [0.3, 0.4) is 0 Å². The quantitative estimate of drug-likeness (QED) is 0.242. The van der Waals surface area contributed by atoms with Crippen LogP contribution in [0, 0.1) is 16.7 Å². The Bertz CT molecular complexity index is 1350. The number of rotatable bonds is 8. The number of alkyl halides is 3. The molecule has 3 nitrogen and oxygen atoms in total. The van der Waals surface area contributed by atoms with E-state index >= 15 is 0 Å². The molecule has 2 aromatic rings. The van der Waals surface area contributed by atoms with Gasteiger partial charge in [0.1, 0.15) is 5.84 Å². The van der Waals surface area contributed by atoms with Gasteiger partial charge in [0.05, 0.1) is 12.8 Å². The number of nitrogens with zero attached hydrogens (tertiary/aromatic N) is 1. The summed E-state index contributed by atoms with van der Waals surface area (Å²) >= 11 is 6.25. The second-order valence-corrected chi connectivity index (χ2v) is 11.3. The van der Waals surface area contributed by atoms with Gasteiger partial charge in [-0.1, -0.05) is 66.6 Å². The molecular weight excluding hydrogens is 531 g/mol. The molecule has 0 amide bonds. The molecule has 0 saturated heterocycles. The molecule has 0 bridgehead atoms. The number of allylic oxidation sites excluding steroid dienone is 6. The molecule has 1 atom stereocenters. The van der Waals surface area contributed by atoms with Crippen LogP contribution in [0.4, 0.5) is 13.2 Å². The minimum Gasteiger partial charge on any atom is -0.321 e. The van der Waals surface area contributed by atoms with E-state index in [1.165, 1.54) is 21.6 Å². The molecule has 0 radical (unpaired) electrons. The maximum atomic E-state index is 12.9. The van der Waals surface area contributed by atoms with E-state index in [9.17, 15) is 13.2 Å². The van der Waals surface area contributed by atoms with E-state index < -0.39 is 12.6 Å². The lowest BCUT2D eigenvalue weighted by Crippen LogP contribution is -2.25. The molecule has 212 valence electrons. The van der Waals surface area contributed by atoms with Gasteiger partial charge in [-0.25, -0.2) is 0 Å². The van der Waals surface area contributed by atoms with Gasteiger partial charge in [0.25, 0.3) is 0 Å². The molecule has 1 unspecified atom stereocenters. The first-order valence-electron chi connectivity index (χ1n) is 14.0. The zero-order valence-corrected chi connectivity index (χ0v) is 23.9. The normalized spacial score (nSPS) is 21.4. The summed E-state index contributed by atoms with van der Waals surface area (Å²) in [6.07, 6.45) is 9.11. The summed E-state index contributed by atoms with van der Waals surface area (Å²) < 4.78 is 38.8. The molecule has 2 aliphatic carbocycles. The summed E-state index contributed by atoms with van der Waals surface area (Å²) in [4.78, 5) is 1.46. The first-order valence-corrected chi connectivity index (χ1v) is 14.3. The highest BCUT2D eigenvalue weighted by atomic mass is 35.5. The fraction of sp³-hybridized carbons (Fsp3) is 0.394. The Labute approximate surface area is 240 Å². The van der Waals surface area contributed by atoms with Crippen LogP contribution in [0.1, 0.15) is 68.6 Å². The molecule has 0 aliphatic heterocycles. The van der Waals surface area contributed by atoms with Crippen molar-refractivity contribution in [3.05, 3.63) is 93.1 Å². The number of aryl methyl sites for hydroxylation is 1. The summed E-state index contributed by atoms with van der Waals surface area (Å²) in [6, 6.07) is 12.1. The maximum absolute atomic E-state index is 12.9. The number of hydrogen-bond donors (Lipinski definition) is 2. The molecule has 0 spiro atoms. The number of fused-ring (bicyclic) bond motifs is 1. The first-order chi connectivity index (χ1) is 19.1. The van der Waals surface area contributed by atoms with Gasteiger partial charge in [-0.15, -0.1) is 0 Å². The number of amidine groups is 1. The Morgan fingerprint density at radius 3 is 2.60 bits per heavy atom. The van der Waals surface area contributed by atoms with E-state index in [2.05, 4.69) is 24.3 Å². The number of halogens is 4. The van der Waals surface area contributed by atoms with Gasteiger partial charge < -0.3 is 4.90 Å². The molecule has 0 heterocycles. The monoisotopic (exact) mass is 567 g/mol. The topological polar surface area (TPSA) is 50.9 Å². The van der Waals surface area contributed by atoms with Gasteiger partial charge >= 0.3 is 6.18 Å². The lowest BCUT2D eigenvalue weighted by Gasteiger charge is -2.26. The standard InChI is InChI=1S/C33H37ClF3N3/c1-3-22-15-23(5-4-6-25(16-22)20-33(35,36)37)7-8-24-9-10-27-18-28(12-11-26(27)17-24)30-14-13-29(34)19-31(30)32(39)40(2)21-38/h6,11-16,18-19,21,24,38-39H,3-5,7-10,17,20H2,1-2H3/b22-16-,23-15+,25-6+,38-21?,39-32?. The summed E-state index contributed by atoms with van der Waals surface area (Å²) in [6.45, 7) is 2.00. The van der Waals surface area contributed by atoms with Crippen molar-refractivity contribution < 1.29 is 13.2 Å². The summed E-state index contributed by atoms with van der Waals surface area (Å²) in [5.74, 6) is 0.803. The average Bonchev–Trinajstić information content (AvgIpc) is 2.91. The summed E-state index contributed by atoms with van der Waals surface area (Å²) in [7, 11) is 1.68. The Morgan fingerprint density at radius 2 is 1.88 bits per heavy atom. The van der Waals surface area contributed by atoms with Crippen molar-refractivity contribution in [1.82, 2.24) is 4.90 Å². The summed E-state index contributed by atoms with van der Waals surface area (Å²) in [5, 5.41) is 16.6. The SMILES string of the molecule is CCC1=C/C(CC(F)(F)F)=C\CC/C(CCC2CCc3cc(-c4ccc(Cl)cc4C(=N)N(C)C=N)ccc3C2)=C\1. The fourth-order valence-electron chi connectivity index (χ4n) is 5.72. The van der Waals surface area contributed by atoms with Crippen LogP contribution in [-0.2, 0) is 12.8 Å². The number of benzene rings is 2. The van der Waals surface area contributed by atoms with Crippen molar-refractivity contribution in [2.75, 3.05) is 7.05 Å². The third kappa shape index (κ3) is 7.75. The van der Waals surface area contributed by atoms with Crippen molar-refractivity contribution >= 4 is 23.8 Å². The van der Waals surface area contributed by atoms with E-state index in [1.807, 2.05) is 19.1 Å². The van der Waals surface area contributed by atoms with Crippen molar-refractivity contribution in [2.45, 2.75) is 70.9 Å². The molecule has 0 aromatic heterocycles. The van der Waals surface area contributed by atoms with Crippen LogP contribution in [0.25, 0.3) is 11.1 Å². The van der Waals surface area contributed by atoms with Crippen LogP contribution in [0.15, 0.2) is 71.3 Å². The first kappa shape index (κ1) is 29.9. The second-order valence-electron chi connectivity index (χ2n) is 10.9. The van der Waals surface area contributed by atoms with Gasteiger partial charge in [-0.05, 0) is 103 Å². The van der Waals surface area contributed by atoms with Crippen LogP contribution in [0.2, 0.25) is 5.02 Å². The third-order valence-corrected chi connectivity index (χ3v) is 8.18. The second kappa shape index (κ2) is 13.0. The van der Waals surface area contributed by atoms with Crippen LogP contribution < -0.4 is 0 Å². The van der Waals surface area contributed by atoms with Crippen molar-refractivity contribution in [1.29, 1.82) is 10.8 Å². The van der Waals surface area contributed by atoms with E-state index in [0.29, 0.717) is 28.5 Å². The smallest absolute Gasteiger partial charge is 0.321 e. The van der Waals surface area contributed by atoms with Crippen molar-refractivity contribution in [3.63, 3.8) is 0 Å². The molecule has 2 aromatic carbocycles. The molecule has 40 heavy (non-hydrogen) atoms. The number of hydrogen-bond acceptors (Lipinski definition) is 2. The van der Waals surface area contributed by atoms with Gasteiger partial charge in [-0.2, -0.15) is 13.2 Å². The zero-order chi connectivity index (χ0) is 28.9. The summed E-state index contributed by atoms with van der Waals surface area (Å²) in [5.41, 5.74) is 8.07. The lowest BCUT2D eigenvalue weighted by molar-refractivity contribution is -0.126. The molecule has 2 N–H and O–H groups in total. The molecular formula is C33H37ClF3N3. The Hall–Kier alpha value is -3.12. The van der Waals surface area contributed by atoms with Gasteiger partial charge in [0.15, 0.2) is 0 Å². The zero-order valence-electron chi connectivity index (χ0n) is 23.2. The third-order valence-electron chi connectivity index (χ3n) is 7.95. The van der Waals surface area contributed by atoms with Gasteiger partial charge in [-0.3, -0.25) is 10.8 Å². The Morgan fingerprint density at radius 1 is 1.07 bits per heavy atom. The van der Waals surface area contributed by atoms with E-state index in [0.717, 1.165) is 68.0 Å². The molecule has 0 saturated carbocycles. The minimum absolute atomic E-state index is 0.224. The largest absolute Gasteiger partial charge is 0.393 e. The van der Waals surface area contributed by atoms with Gasteiger partial charge in [0, 0.05) is 17.6 Å². The molecule has 7 heteroatoms. The predicted molar refractivity (Wildman–Crippen MR) is 159 cm³/mol. The molecule has 0 fully saturated rings. The van der Waals surface area contributed by atoms with E-state index in [4.69, 9.17) is 22.4 Å².